The SMILES string of the molecule is COC(=O)N(C)CC(=O)N1CCN(C(C)=O)CC1. The van der Waals surface area contributed by atoms with E-state index in [0.29, 0.717) is 26.2 Å². The van der Waals surface area contributed by atoms with E-state index >= 15 is 0 Å². The lowest BCUT2D eigenvalue weighted by Crippen LogP contribution is -2.52. The van der Waals surface area contributed by atoms with Crippen LogP contribution in [0.1, 0.15) is 6.92 Å². The third kappa shape index (κ3) is 3.61. The Labute approximate surface area is 106 Å². The molecule has 7 heteroatoms. The van der Waals surface area contributed by atoms with Gasteiger partial charge in [-0.2, -0.15) is 0 Å². The molecule has 0 radical (unpaired) electrons. The molecule has 0 aliphatic carbocycles. The maximum absolute atomic E-state index is 11.9. The average Bonchev–Trinajstić information content (AvgIpc) is 2.37. The Bertz CT molecular complexity index is 337. The first-order valence-corrected chi connectivity index (χ1v) is 5.78. The molecule has 3 amide bonds. The minimum atomic E-state index is -0.536. The topological polar surface area (TPSA) is 70.2 Å². The standard InChI is InChI=1S/C11H19N3O4/c1-9(15)13-4-6-14(7-5-13)10(16)8-12(2)11(17)18-3/h4-8H2,1-3H3. The first-order chi connectivity index (χ1) is 8.45. The molecule has 0 unspecified atom stereocenters. The van der Waals surface area contributed by atoms with E-state index in [-0.39, 0.29) is 18.4 Å². The first-order valence-electron chi connectivity index (χ1n) is 5.78. The van der Waals surface area contributed by atoms with Gasteiger partial charge in [-0.25, -0.2) is 4.79 Å². The summed E-state index contributed by atoms with van der Waals surface area (Å²) in [4.78, 5) is 38.7. The molecule has 1 aliphatic heterocycles. The summed E-state index contributed by atoms with van der Waals surface area (Å²) in [7, 11) is 2.78. The van der Waals surface area contributed by atoms with E-state index in [1.807, 2.05) is 0 Å². The van der Waals surface area contributed by atoms with Gasteiger partial charge in [-0.05, 0) is 0 Å². The number of carbonyl (C=O) groups excluding carboxylic acids is 3. The largest absolute Gasteiger partial charge is 0.453 e. The molecule has 1 saturated heterocycles. The number of ether oxygens (including phenoxy) is 1. The molecule has 1 fully saturated rings. The molecule has 0 spiro atoms. The Kier molecular flexibility index (Phi) is 4.94. The van der Waals surface area contributed by atoms with Crippen molar-refractivity contribution < 1.29 is 19.1 Å². The second kappa shape index (κ2) is 6.23. The molecule has 0 aromatic rings. The van der Waals surface area contributed by atoms with Crippen molar-refractivity contribution in [3.63, 3.8) is 0 Å². The number of likely N-dealkylation sites (N-methyl/N-ethyl adjacent to an activating group) is 1. The van der Waals surface area contributed by atoms with Gasteiger partial charge in [0.25, 0.3) is 0 Å². The van der Waals surface area contributed by atoms with E-state index in [2.05, 4.69) is 4.74 Å². The minimum Gasteiger partial charge on any atom is -0.453 e. The molecule has 7 nitrogen and oxygen atoms in total. The molecule has 102 valence electrons. The van der Waals surface area contributed by atoms with Crippen molar-refractivity contribution >= 4 is 17.9 Å². The zero-order chi connectivity index (χ0) is 13.7. The summed E-state index contributed by atoms with van der Waals surface area (Å²) in [5.41, 5.74) is 0. The van der Waals surface area contributed by atoms with Crippen molar-refractivity contribution in [1.29, 1.82) is 0 Å². The van der Waals surface area contributed by atoms with Gasteiger partial charge in [-0.1, -0.05) is 0 Å². The van der Waals surface area contributed by atoms with Crippen LogP contribution in [-0.2, 0) is 14.3 Å². The average molecular weight is 257 g/mol. The van der Waals surface area contributed by atoms with Gasteiger partial charge in [-0.3, -0.25) is 9.59 Å². The van der Waals surface area contributed by atoms with E-state index in [4.69, 9.17) is 0 Å². The number of piperazine rings is 1. The van der Waals surface area contributed by atoms with E-state index in [0.717, 1.165) is 0 Å². The van der Waals surface area contributed by atoms with Gasteiger partial charge in [0, 0.05) is 40.2 Å². The van der Waals surface area contributed by atoms with Gasteiger partial charge in [0.1, 0.15) is 6.54 Å². The number of amides is 3. The Balaban J connectivity index is 2.41. The van der Waals surface area contributed by atoms with E-state index in [9.17, 15) is 14.4 Å². The van der Waals surface area contributed by atoms with Crippen molar-refractivity contribution in [3.05, 3.63) is 0 Å². The third-order valence-electron chi connectivity index (χ3n) is 2.94. The molecule has 0 bridgehead atoms. The van der Waals surface area contributed by atoms with Crippen molar-refractivity contribution in [2.75, 3.05) is 46.9 Å². The van der Waals surface area contributed by atoms with Crippen molar-refractivity contribution in [1.82, 2.24) is 14.7 Å². The van der Waals surface area contributed by atoms with Crippen LogP contribution < -0.4 is 0 Å². The maximum Gasteiger partial charge on any atom is 0.409 e. The Morgan fingerprint density at radius 2 is 1.61 bits per heavy atom. The summed E-state index contributed by atoms with van der Waals surface area (Å²) in [5.74, 6) is -0.111. The molecule has 0 N–H and O–H groups in total. The van der Waals surface area contributed by atoms with Crippen molar-refractivity contribution in [2.45, 2.75) is 6.92 Å². The second-order valence-corrected chi connectivity index (χ2v) is 4.21. The van der Waals surface area contributed by atoms with Crippen LogP contribution in [0, 0.1) is 0 Å². The maximum atomic E-state index is 11.9. The van der Waals surface area contributed by atoms with Gasteiger partial charge >= 0.3 is 6.09 Å². The van der Waals surface area contributed by atoms with Crippen LogP contribution in [0.5, 0.6) is 0 Å². The highest BCUT2D eigenvalue weighted by molar-refractivity contribution is 5.82. The van der Waals surface area contributed by atoms with E-state index < -0.39 is 6.09 Å². The quantitative estimate of drug-likeness (QED) is 0.661. The number of carbonyl (C=O) groups is 3. The molecule has 18 heavy (non-hydrogen) atoms. The fourth-order valence-electron chi connectivity index (χ4n) is 1.79. The van der Waals surface area contributed by atoms with Crippen LogP contribution in [0.2, 0.25) is 0 Å². The van der Waals surface area contributed by atoms with Crippen molar-refractivity contribution in [3.8, 4) is 0 Å². The molecule has 1 aliphatic rings. The zero-order valence-electron chi connectivity index (χ0n) is 11.0. The highest BCUT2D eigenvalue weighted by Crippen LogP contribution is 2.03. The van der Waals surface area contributed by atoms with Gasteiger partial charge in [0.15, 0.2) is 0 Å². The molecule has 0 aromatic heterocycles. The minimum absolute atomic E-state index is 0.00720. The molecule has 0 saturated carbocycles. The number of methoxy groups -OCH3 is 1. The fraction of sp³-hybridized carbons (Fsp3) is 0.727. The summed E-state index contributed by atoms with van der Waals surface area (Å²) in [5, 5.41) is 0. The summed E-state index contributed by atoms with van der Waals surface area (Å²) in [6, 6.07) is 0. The van der Waals surface area contributed by atoms with Crippen molar-refractivity contribution in [2.24, 2.45) is 0 Å². The fourth-order valence-corrected chi connectivity index (χ4v) is 1.79. The molecular formula is C11H19N3O4. The predicted octanol–water partition coefficient (Wildman–Crippen LogP) is -0.625. The van der Waals surface area contributed by atoms with Gasteiger partial charge in [0.05, 0.1) is 7.11 Å². The van der Waals surface area contributed by atoms with E-state index in [1.54, 1.807) is 9.80 Å². The Hall–Kier alpha value is -1.79. The lowest BCUT2D eigenvalue weighted by Gasteiger charge is -2.34. The van der Waals surface area contributed by atoms with Gasteiger partial charge in [0.2, 0.25) is 11.8 Å². The molecule has 0 aromatic carbocycles. The number of rotatable bonds is 2. The third-order valence-corrected chi connectivity index (χ3v) is 2.94. The number of hydrogen-bond acceptors (Lipinski definition) is 4. The Morgan fingerprint density at radius 3 is 2.06 bits per heavy atom. The van der Waals surface area contributed by atoms with Crippen LogP contribution in [0.3, 0.4) is 0 Å². The lowest BCUT2D eigenvalue weighted by molar-refractivity contribution is -0.138. The number of nitrogens with zero attached hydrogens (tertiary/aromatic N) is 3. The van der Waals surface area contributed by atoms with Gasteiger partial charge < -0.3 is 19.4 Å². The smallest absolute Gasteiger partial charge is 0.409 e. The van der Waals surface area contributed by atoms with Crippen LogP contribution in [0.4, 0.5) is 4.79 Å². The normalized spacial score (nSPS) is 15.3. The molecule has 1 rings (SSSR count). The summed E-state index contributed by atoms with van der Waals surface area (Å²) >= 11 is 0. The highest BCUT2D eigenvalue weighted by atomic mass is 16.5. The molecule has 0 atom stereocenters. The predicted molar refractivity (Wildman–Crippen MR) is 63.9 cm³/mol. The first kappa shape index (κ1) is 14.3. The van der Waals surface area contributed by atoms with Crippen LogP contribution in [0.25, 0.3) is 0 Å². The molecule has 1 heterocycles. The lowest BCUT2D eigenvalue weighted by atomic mass is 10.3. The molecular weight excluding hydrogens is 238 g/mol. The van der Waals surface area contributed by atoms with Gasteiger partial charge in [-0.15, -0.1) is 0 Å². The Morgan fingerprint density at radius 1 is 1.11 bits per heavy atom. The second-order valence-electron chi connectivity index (χ2n) is 4.21. The number of hydrogen-bond donors (Lipinski definition) is 0. The van der Waals surface area contributed by atoms with Crippen LogP contribution in [0.15, 0.2) is 0 Å². The summed E-state index contributed by atoms with van der Waals surface area (Å²) in [6.45, 7) is 3.61. The monoisotopic (exact) mass is 257 g/mol. The van der Waals surface area contributed by atoms with Crippen LogP contribution >= 0.6 is 0 Å². The summed E-state index contributed by atoms with van der Waals surface area (Å²) < 4.78 is 4.51. The summed E-state index contributed by atoms with van der Waals surface area (Å²) in [6.07, 6.45) is -0.536. The zero-order valence-corrected chi connectivity index (χ0v) is 11.0. The van der Waals surface area contributed by atoms with E-state index in [1.165, 1.54) is 26.0 Å². The highest BCUT2D eigenvalue weighted by Gasteiger charge is 2.24. The van der Waals surface area contributed by atoms with Crippen LogP contribution in [-0.4, -0.2) is 79.5 Å².